The molecule has 0 radical (unpaired) electrons. The summed E-state index contributed by atoms with van der Waals surface area (Å²) in [4.78, 5) is 1.27. The number of hydrogen-bond acceptors (Lipinski definition) is 4. The molecule has 3 nitrogen and oxygen atoms in total. The molecule has 3 aromatic carbocycles. The highest BCUT2D eigenvalue weighted by Gasteiger charge is 2.28. The second-order valence-corrected chi connectivity index (χ2v) is 13.3. The van der Waals surface area contributed by atoms with Crippen molar-refractivity contribution in [2.24, 2.45) is 5.92 Å². The lowest BCUT2D eigenvalue weighted by molar-refractivity contribution is 0.138. The number of hydrogen-bond donors (Lipinski definition) is 2. The molecule has 39 heavy (non-hydrogen) atoms. The Bertz CT molecular complexity index is 1210. The lowest BCUT2D eigenvalue weighted by Gasteiger charge is -2.31. The Hall–Kier alpha value is -2.11. The Labute approximate surface area is 241 Å². The van der Waals surface area contributed by atoms with Crippen LogP contribution >= 0.6 is 11.9 Å². The van der Waals surface area contributed by atoms with Crippen LogP contribution in [-0.2, 0) is 25.7 Å². The van der Waals surface area contributed by atoms with Gasteiger partial charge in [0.25, 0.3) is 0 Å². The van der Waals surface area contributed by atoms with Crippen LogP contribution in [-0.4, -0.2) is 41.2 Å². The molecule has 0 aromatic heterocycles. The van der Waals surface area contributed by atoms with E-state index >= 15 is 0 Å². The minimum absolute atomic E-state index is 0.00316. The fraction of sp³-hybridized carbons (Fsp3) is 0.486. The molecule has 0 amide bonds. The highest BCUT2D eigenvalue weighted by Crippen LogP contribution is 2.34. The molecule has 0 heterocycles. The zero-order valence-electron chi connectivity index (χ0n) is 24.9. The zero-order valence-corrected chi connectivity index (χ0v) is 25.7. The normalized spacial score (nSPS) is 14.7. The van der Waals surface area contributed by atoms with Gasteiger partial charge in [-0.15, -0.1) is 0 Å². The first kappa shape index (κ1) is 29.9. The quantitative estimate of drug-likeness (QED) is 0.217. The van der Waals surface area contributed by atoms with E-state index in [9.17, 15) is 5.11 Å². The number of aliphatic hydroxyl groups is 1. The molecule has 0 bridgehead atoms. The molecule has 1 aliphatic carbocycles. The van der Waals surface area contributed by atoms with E-state index in [0.717, 1.165) is 25.7 Å². The SMILES string of the molecule is CCCc1cccc(C)c1-c1ccc(SN(C)CC(O)CNC(C)(C)CC2Cc3ccccc3C2)c(CC)c1. The summed E-state index contributed by atoms with van der Waals surface area (Å²) < 4.78 is 2.18. The number of β-amino-alcohol motifs (C(OH)–C–C–N with tert-alkyl or cyclic N) is 1. The summed E-state index contributed by atoms with van der Waals surface area (Å²) in [7, 11) is 2.09. The van der Waals surface area contributed by atoms with Gasteiger partial charge in [0.2, 0.25) is 0 Å². The minimum Gasteiger partial charge on any atom is -0.390 e. The van der Waals surface area contributed by atoms with Crippen molar-refractivity contribution in [3.63, 3.8) is 0 Å². The van der Waals surface area contributed by atoms with Crippen molar-refractivity contribution in [2.75, 3.05) is 20.1 Å². The summed E-state index contributed by atoms with van der Waals surface area (Å²) in [5.41, 5.74) is 9.87. The van der Waals surface area contributed by atoms with Crippen LogP contribution in [0.2, 0.25) is 0 Å². The summed E-state index contributed by atoms with van der Waals surface area (Å²) in [6.45, 7) is 12.5. The number of aryl methyl sites for hydroxylation is 3. The van der Waals surface area contributed by atoms with E-state index in [1.165, 1.54) is 56.7 Å². The smallest absolute Gasteiger partial charge is 0.0800 e. The van der Waals surface area contributed by atoms with E-state index in [2.05, 4.69) is 112 Å². The summed E-state index contributed by atoms with van der Waals surface area (Å²) in [5.74, 6) is 0.674. The van der Waals surface area contributed by atoms with Crippen molar-refractivity contribution in [3.05, 3.63) is 88.5 Å². The van der Waals surface area contributed by atoms with E-state index in [4.69, 9.17) is 0 Å². The van der Waals surface area contributed by atoms with Crippen LogP contribution in [0.25, 0.3) is 11.1 Å². The Morgan fingerprint density at radius 1 is 1.00 bits per heavy atom. The molecular weight excluding hydrogens is 496 g/mol. The zero-order chi connectivity index (χ0) is 28.0. The summed E-state index contributed by atoms with van der Waals surface area (Å²) in [5, 5.41) is 14.5. The van der Waals surface area contributed by atoms with E-state index in [-0.39, 0.29) is 5.54 Å². The van der Waals surface area contributed by atoms with Crippen LogP contribution in [0.4, 0.5) is 0 Å². The van der Waals surface area contributed by atoms with Gasteiger partial charge in [0.15, 0.2) is 0 Å². The molecule has 0 fully saturated rings. The van der Waals surface area contributed by atoms with E-state index in [1.54, 1.807) is 11.9 Å². The largest absolute Gasteiger partial charge is 0.390 e. The molecule has 0 saturated carbocycles. The van der Waals surface area contributed by atoms with E-state index in [1.807, 2.05) is 0 Å². The predicted molar refractivity (Wildman–Crippen MR) is 169 cm³/mol. The number of fused-ring (bicyclic) bond motifs is 1. The number of aliphatic hydroxyl groups excluding tert-OH is 1. The van der Waals surface area contributed by atoms with Crippen LogP contribution in [0.1, 0.15) is 68.4 Å². The van der Waals surface area contributed by atoms with Crippen molar-refractivity contribution in [2.45, 2.75) is 89.7 Å². The highest BCUT2D eigenvalue weighted by atomic mass is 32.2. The lowest BCUT2D eigenvalue weighted by atomic mass is 9.88. The summed E-state index contributed by atoms with van der Waals surface area (Å²) in [6, 6.07) is 22.5. The molecule has 0 aliphatic heterocycles. The van der Waals surface area contributed by atoms with Crippen molar-refractivity contribution in [3.8, 4) is 11.1 Å². The second kappa shape index (κ2) is 13.5. The molecule has 1 aliphatic rings. The van der Waals surface area contributed by atoms with Crippen molar-refractivity contribution in [1.29, 1.82) is 0 Å². The topological polar surface area (TPSA) is 35.5 Å². The van der Waals surface area contributed by atoms with Gasteiger partial charge in [-0.2, -0.15) is 0 Å². The summed E-state index contributed by atoms with van der Waals surface area (Å²) >= 11 is 1.74. The number of rotatable bonds is 13. The predicted octanol–water partition coefficient (Wildman–Crippen LogP) is 7.65. The monoisotopic (exact) mass is 544 g/mol. The van der Waals surface area contributed by atoms with E-state index in [0.29, 0.717) is 19.0 Å². The number of likely N-dealkylation sites (N-methyl/N-ethyl adjacent to an activating group) is 1. The Balaban J connectivity index is 1.31. The highest BCUT2D eigenvalue weighted by molar-refractivity contribution is 7.97. The standard InChI is InChI=1S/C35H48N2OS/c1-7-12-28-16-11-13-25(3)34(28)31-17-18-33(27(8-2)21-31)39-37(6)24-32(38)23-36-35(4,5)22-26-19-29-14-9-10-15-30(29)20-26/h9-11,13-18,21,26,32,36,38H,7-8,12,19-20,22-24H2,1-6H3. The van der Waals surface area contributed by atoms with Crippen LogP contribution in [0.5, 0.6) is 0 Å². The summed E-state index contributed by atoms with van der Waals surface area (Å²) in [6.07, 6.45) is 6.29. The van der Waals surface area contributed by atoms with Gasteiger partial charge in [-0.3, -0.25) is 0 Å². The van der Waals surface area contributed by atoms with Gasteiger partial charge in [-0.1, -0.05) is 68.8 Å². The van der Waals surface area contributed by atoms with Crippen LogP contribution < -0.4 is 5.32 Å². The fourth-order valence-corrected chi connectivity index (χ4v) is 7.30. The van der Waals surface area contributed by atoms with Gasteiger partial charge < -0.3 is 10.4 Å². The average Bonchev–Trinajstić information content (AvgIpc) is 3.30. The Morgan fingerprint density at radius 2 is 1.72 bits per heavy atom. The van der Waals surface area contributed by atoms with Crippen LogP contribution in [0.3, 0.4) is 0 Å². The van der Waals surface area contributed by atoms with Gasteiger partial charge in [0, 0.05) is 23.5 Å². The van der Waals surface area contributed by atoms with Crippen molar-refractivity contribution in [1.82, 2.24) is 9.62 Å². The van der Waals surface area contributed by atoms with Crippen molar-refractivity contribution < 1.29 is 5.11 Å². The third-order valence-corrected chi connectivity index (χ3v) is 9.14. The van der Waals surface area contributed by atoms with Gasteiger partial charge in [-0.05, 0) is 129 Å². The molecule has 4 rings (SSSR count). The molecule has 3 aromatic rings. The molecule has 0 spiro atoms. The molecule has 4 heteroatoms. The first-order chi connectivity index (χ1) is 18.7. The number of benzene rings is 3. The minimum atomic E-state index is -0.421. The molecule has 0 saturated heterocycles. The molecular formula is C35H48N2OS. The molecule has 1 unspecified atom stereocenters. The molecule has 2 N–H and O–H groups in total. The first-order valence-electron chi connectivity index (χ1n) is 14.8. The first-order valence-corrected chi connectivity index (χ1v) is 15.6. The van der Waals surface area contributed by atoms with E-state index < -0.39 is 6.10 Å². The molecule has 1 atom stereocenters. The Morgan fingerprint density at radius 3 is 2.38 bits per heavy atom. The number of nitrogens with one attached hydrogen (secondary N) is 1. The number of nitrogens with zero attached hydrogens (tertiary/aromatic N) is 1. The maximum absolute atomic E-state index is 10.9. The third kappa shape index (κ3) is 7.98. The molecule has 210 valence electrons. The fourth-order valence-electron chi connectivity index (χ4n) is 6.27. The van der Waals surface area contributed by atoms with Gasteiger partial charge in [0.1, 0.15) is 0 Å². The maximum Gasteiger partial charge on any atom is 0.0800 e. The van der Waals surface area contributed by atoms with Crippen LogP contribution in [0.15, 0.2) is 65.6 Å². The average molecular weight is 545 g/mol. The third-order valence-electron chi connectivity index (χ3n) is 8.08. The van der Waals surface area contributed by atoms with Gasteiger partial charge in [0.05, 0.1) is 6.10 Å². The van der Waals surface area contributed by atoms with Crippen LogP contribution in [0, 0.1) is 12.8 Å². The van der Waals surface area contributed by atoms with Crippen molar-refractivity contribution >= 4 is 11.9 Å². The van der Waals surface area contributed by atoms with Gasteiger partial charge in [-0.25, -0.2) is 4.31 Å². The van der Waals surface area contributed by atoms with Gasteiger partial charge >= 0.3 is 0 Å². The maximum atomic E-state index is 10.9. The Kier molecular flexibility index (Phi) is 10.3. The second-order valence-electron chi connectivity index (χ2n) is 12.1. The lowest BCUT2D eigenvalue weighted by Crippen LogP contribution is -2.46.